The first kappa shape index (κ1) is 28.1. The number of rotatable bonds is 6. The van der Waals surface area contributed by atoms with E-state index in [9.17, 15) is 18.0 Å². The summed E-state index contributed by atoms with van der Waals surface area (Å²) in [6.07, 6.45) is 0.601. The number of benzene rings is 1. The minimum atomic E-state index is -4.38. The molecule has 5 rings (SSSR count). The predicted octanol–water partition coefficient (Wildman–Crippen LogP) is 3.94. The highest BCUT2D eigenvalue weighted by molar-refractivity contribution is 5.90. The summed E-state index contributed by atoms with van der Waals surface area (Å²) in [5.74, 6) is 0.222. The van der Waals surface area contributed by atoms with Gasteiger partial charge in [0, 0.05) is 37.3 Å². The molecule has 12 nitrogen and oxygen atoms in total. The molecule has 0 saturated carbocycles. The van der Waals surface area contributed by atoms with E-state index < -0.39 is 30.1 Å². The van der Waals surface area contributed by atoms with Crippen LogP contribution in [-0.4, -0.2) is 64.9 Å². The van der Waals surface area contributed by atoms with Gasteiger partial charge < -0.3 is 15.2 Å². The van der Waals surface area contributed by atoms with Gasteiger partial charge >= 0.3 is 6.18 Å². The van der Waals surface area contributed by atoms with E-state index in [0.29, 0.717) is 34.1 Å². The first-order valence-electron chi connectivity index (χ1n) is 12.9. The highest BCUT2D eigenvalue weighted by atomic mass is 19.4. The molecule has 0 fully saturated rings. The second-order valence-corrected chi connectivity index (χ2v) is 10.9. The number of amides is 1. The van der Waals surface area contributed by atoms with Gasteiger partial charge in [-0.2, -0.15) is 28.2 Å². The van der Waals surface area contributed by atoms with Crippen molar-refractivity contribution in [3.05, 3.63) is 59.8 Å². The number of hydrogen-bond donors (Lipinski definition) is 2. The van der Waals surface area contributed by atoms with Crippen molar-refractivity contribution in [2.75, 3.05) is 18.4 Å². The summed E-state index contributed by atoms with van der Waals surface area (Å²) in [7, 11) is 1.78. The minimum absolute atomic E-state index is 0.0251. The molecule has 4 heterocycles. The van der Waals surface area contributed by atoms with Crippen molar-refractivity contribution in [2.24, 2.45) is 7.05 Å². The van der Waals surface area contributed by atoms with Crippen LogP contribution in [0.3, 0.4) is 0 Å². The Hall–Kier alpha value is -4.40. The maximum absolute atomic E-state index is 13.4. The molecule has 0 aliphatic carbocycles. The zero-order valence-corrected chi connectivity index (χ0v) is 22.9. The van der Waals surface area contributed by atoms with Crippen LogP contribution in [0.4, 0.5) is 24.8 Å². The number of fused-ring (bicyclic) bond motifs is 1. The average Bonchev–Trinajstić information content (AvgIpc) is 3.52. The molecule has 41 heavy (non-hydrogen) atoms. The van der Waals surface area contributed by atoms with Crippen molar-refractivity contribution in [1.29, 1.82) is 0 Å². The lowest BCUT2D eigenvalue weighted by molar-refractivity contribution is -0.147. The standard InChI is InChI=1S/C26H29F3N10O2/c1-25(2,3)23-35-21(37-41-23)22(40)34-19-7-8-39(13-26(27,28)29)11-16-9-15(5-6-18(16)19)20-30-14-31-24(36-20)33-17-10-32-38(4)12-17/h5-6,9-10,12,14,19H,7-8,11,13H2,1-4H3,(H,34,40)(H,30,31,33,36)/t19-/m1/s1. The number of aryl methyl sites for hydroxylation is 1. The number of halogens is 3. The number of aromatic nitrogens is 7. The summed E-state index contributed by atoms with van der Waals surface area (Å²) in [6.45, 7) is 4.68. The van der Waals surface area contributed by atoms with E-state index in [2.05, 4.69) is 40.8 Å². The quantitative estimate of drug-likeness (QED) is 0.350. The number of carbonyl (C=O) groups is 1. The van der Waals surface area contributed by atoms with Gasteiger partial charge in [0.05, 0.1) is 24.5 Å². The second kappa shape index (κ2) is 10.9. The Balaban J connectivity index is 1.43. The third-order valence-electron chi connectivity index (χ3n) is 6.42. The fourth-order valence-electron chi connectivity index (χ4n) is 4.50. The lowest BCUT2D eigenvalue weighted by Crippen LogP contribution is -2.35. The first-order valence-corrected chi connectivity index (χ1v) is 12.9. The Kier molecular flexibility index (Phi) is 7.46. The molecule has 216 valence electrons. The molecule has 1 aromatic carbocycles. The molecule has 1 aliphatic heterocycles. The van der Waals surface area contributed by atoms with Gasteiger partial charge in [-0.25, -0.2) is 9.97 Å². The molecule has 0 radical (unpaired) electrons. The molecule has 3 aromatic heterocycles. The van der Waals surface area contributed by atoms with E-state index in [1.54, 1.807) is 42.3 Å². The van der Waals surface area contributed by atoms with Crippen LogP contribution in [-0.2, 0) is 19.0 Å². The van der Waals surface area contributed by atoms with Gasteiger partial charge in [0.15, 0.2) is 5.82 Å². The van der Waals surface area contributed by atoms with Crippen LogP contribution in [0, 0.1) is 0 Å². The van der Waals surface area contributed by atoms with E-state index in [1.807, 2.05) is 20.8 Å². The predicted molar refractivity (Wildman–Crippen MR) is 141 cm³/mol. The molecule has 0 bridgehead atoms. The zero-order chi connectivity index (χ0) is 29.4. The summed E-state index contributed by atoms with van der Waals surface area (Å²) in [5.41, 5.74) is 2.13. The van der Waals surface area contributed by atoms with Gasteiger partial charge in [0.1, 0.15) is 6.33 Å². The van der Waals surface area contributed by atoms with Crippen LogP contribution in [0.5, 0.6) is 0 Å². The average molecular weight is 571 g/mol. The van der Waals surface area contributed by atoms with Crippen LogP contribution < -0.4 is 10.6 Å². The number of alkyl halides is 3. The molecule has 0 spiro atoms. The Morgan fingerprint density at radius 3 is 2.66 bits per heavy atom. The van der Waals surface area contributed by atoms with Crippen molar-refractivity contribution in [1.82, 2.24) is 45.1 Å². The van der Waals surface area contributed by atoms with Crippen LogP contribution in [0.15, 0.2) is 41.4 Å². The van der Waals surface area contributed by atoms with Gasteiger partial charge in [0.2, 0.25) is 11.8 Å². The smallest absolute Gasteiger partial charge is 0.342 e. The zero-order valence-electron chi connectivity index (χ0n) is 22.9. The van der Waals surface area contributed by atoms with Gasteiger partial charge in [-0.1, -0.05) is 38.1 Å². The molecular weight excluding hydrogens is 541 g/mol. The number of anilines is 2. The summed E-state index contributed by atoms with van der Waals surface area (Å²) < 4.78 is 47.0. The number of nitrogens with one attached hydrogen (secondary N) is 2. The highest BCUT2D eigenvalue weighted by Crippen LogP contribution is 2.32. The fraction of sp³-hybridized carbons (Fsp3) is 0.423. The van der Waals surface area contributed by atoms with E-state index >= 15 is 0 Å². The normalized spacial score (nSPS) is 16.2. The van der Waals surface area contributed by atoms with Gasteiger partial charge in [-0.3, -0.25) is 14.4 Å². The van der Waals surface area contributed by atoms with Gasteiger partial charge in [0.25, 0.3) is 11.7 Å². The number of carbonyl (C=O) groups excluding carboxylic acids is 1. The fourth-order valence-corrected chi connectivity index (χ4v) is 4.50. The lowest BCUT2D eigenvalue weighted by atomic mass is 9.96. The van der Waals surface area contributed by atoms with E-state index in [1.165, 1.54) is 11.2 Å². The van der Waals surface area contributed by atoms with Gasteiger partial charge in [-0.05, 0) is 23.6 Å². The summed E-state index contributed by atoms with van der Waals surface area (Å²) in [5, 5.41) is 13.8. The van der Waals surface area contributed by atoms with E-state index in [-0.39, 0.29) is 31.3 Å². The highest BCUT2D eigenvalue weighted by Gasteiger charge is 2.34. The van der Waals surface area contributed by atoms with Gasteiger partial charge in [-0.15, -0.1) is 0 Å². The Morgan fingerprint density at radius 2 is 1.98 bits per heavy atom. The Bertz CT molecular complexity index is 1540. The van der Waals surface area contributed by atoms with Crippen LogP contribution in [0.2, 0.25) is 0 Å². The van der Waals surface area contributed by atoms with Crippen molar-refractivity contribution in [3.8, 4) is 11.4 Å². The lowest BCUT2D eigenvalue weighted by Gasteiger charge is -2.22. The maximum Gasteiger partial charge on any atom is 0.401 e. The molecule has 1 aliphatic rings. The SMILES string of the molecule is Cn1cc(Nc2ncnc(-c3ccc4c(c3)CN(CC(F)(F)F)CC[C@H]4NC(=O)c3noc(C(C)(C)C)n3)n2)cn1. The topological polar surface area (TPSA) is 140 Å². The van der Waals surface area contributed by atoms with Crippen molar-refractivity contribution >= 4 is 17.5 Å². The summed E-state index contributed by atoms with van der Waals surface area (Å²) >= 11 is 0. The van der Waals surface area contributed by atoms with E-state index in [4.69, 9.17) is 4.52 Å². The van der Waals surface area contributed by atoms with Crippen molar-refractivity contribution in [3.63, 3.8) is 0 Å². The molecule has 1 atom stereocenters. The van der Waals surface area contributed by atoms with E-state index in [0.717, 1.165) is 0 Å². The number of nitrogens with zero attached hydrogens (tertiary/aromatic N) is 8. The summed E-state index contributed by atoms with van der Waals surface area (Å²) in [4.78, 5) is 31.4. The Morgan fingerprint density at radius 1 is 1.17 bits per heavy atom. The largest absolute Gasteiger partial charge is 0.401 e. The second-order valence-electron chi connectivity index (χ2n) is 10.9. The van der Waals surface area contributed by atoms with Crippen LogP contribution >= 0.6 is 0 Å². The number of hydrogen-bond acceptors (Lipinski definition) is 10. The molecule has 4 aromatic rings. The molecule has 0 saturated heterocycles. The minimum Gasteiger partial charge on any atom is -0.342 e. The summed E-state index contributed by atoms with van der Waals surface area (Å²) in [6, 6.07) is 4.72. The van der Waals surface area contributed by atoms with Crippen LogP contribution in [0.25, 0.3) is 11.4 Å². The molecule has 1 amide bonds. The third kappa shape index (κ3) is 6.85. The maximum atomic E-state index is 13.4. The van der Waals surface area contributed by atoms with Crippen molar-refractivity contribution in [2.45, 2.75) is 51.4 Å². The third-order valence-corrected chi connectivity index (χ3v) is 6.42. The monoisotopic (exact) mass is 570 g/mol. The molecular formula is C26H29F3N10O2. The van der Waals surface area contributed by atoms with Crippen molar-refractivity contribution < 1.29 is 22.5 Å². The Labute approximate surface area is 233 Å². The molecule has 15 heteroatoms. The first-order chi connectivity index (χ1) is 19.3. The van der Waals surface area contributed by atoms with Crippen LogP contribution in [0.1, 0.15) is 60.9 Å². The molecule has 2 N–H and O–H groups in total. The molecule has 0 unspecified atom stereocenters.